The van der Waals surface area contributed by atoms with Gasteiger partial charge in [0.25, 0.3) is 5.91 Å². The van der Waals surface area contributed by atoms with Gasteiger partial charge < -0.3 is 15.2 Å². The van der Waals surface area contributed by atoms with Gasteiger partial charge in [-0.1, -0.05) is 26.7 Å². The summed E-state index contributed by atoms with van der Waals surface area (Å²) in [6, 6.07) is 2.06. The van der Waals surface area contributed by atoms with E-state index < -0.39 is 0 Å². The van der Waals surface area contributed by atoms with Gasteiger partial charge in [0.15, 0.2) is 0 Å². The first-order valence-corrected chi connectivity index (χ1v) is 8.19. The fourth-order valence-electron chi connectivity index (χ4n) is 3.40. The molecule has 0 unspecified atom stereocenters. The van der Waals surface area contributed by atoms with Gasteiger partial charge in [-0.3, -0.25) is 4.79 Å². The number of piperidine rings is 1. The van der Waals surface area contributed by atoms with Gasteiger partial charge in [-0.25, -0.2) is 0 Å². The summed E-state index contributed by atoms with van der Waals surface area (Å²) in [6.45, 7) is 10.4. The lowest BCUT2D eigenvalue weighted by Gasteiger charge is -2.41. The van der Waals surface area contributed by atoms with Gasteiger partial charge in [-0.15, -0.1) is 0 Å². The standard InChI is InChI=1S/C17H29N3O/c1-5-17(6-2)7-9-19(10-8-17)16(21)15-11-14(18)12-20(15)13(3)4/h11-13H,5-10,18H2,1-4H3. The van der Waals surface area contributed by atoms with E-state index in [-0.39, 0.29) is 11.9 Å². The zero-order valence-corrected chi connectivity index (χ0v) is 13.9. The summed E-state index contributed by atoms with van der Waals surface area (Å²) in [5, 5.41) is 0. The van der Waals surface area contributed by atoms with Gasteiger partial charge in [0, 0.05) is 25.3 Å². The summed E-state index contributed by atoms with van der Waals surface area (Å²) in [4.78, 5) is 14.8. The van der Waals surface area contributed by atoms with Crippen molar-refractivity contribution >= 4 is 11.6 Å². The van der Waals surface area contributed by atoms with Gasteiger partial charge in [0.2, 0.25) is 0 Å². The fourth-order valence-corrected chi connectivity index (χ4v) is 3.40. The number of nitrogens with zero attached hydrogens (tertiary/aromatic N) is 2. The Morgan fingerprint density at radius 3 is 2.33 bits per heavy atom. The number of likely N-dealkylation sites (tertiary alicyclic amines) is 1. The van der Waals surface area contributed by atoms with E-state index in [0.717, 1.165) is 31.6 Å². The van der Waals surface area contributed by atoms with Crippen molar-refractivity contribution in [2.75, 3.05) is 18.8 Å². The molecule has 0 saturated carbocycles. The Hall–Kier alpha value is -1.45. The molecule has 1 aliphatic rings. The fraction of sp³-hybridized carbons (Fsp3) is 0.706. The molecule has 0 aliphatic carbocycles. The minimum atomic E-state index is 0.126. The van der Waals surface area contributed by atoms with Crippen molar-refractivity contribution in [3.05, 3.63) is 18.0 Å². The Labute approximate surface area is 128 Å². The van der Waals surface area contributed by atoms with Crippen molar-refractivity contribution < 1.29 is 4.79 Å². The molecule has 0 bridgehead atoms. The third-order valence-electron chi connectivity index (χ3n) is 5.26. The molecule has 1 aliphatic heterocycles. The van der Waals surface area contributed by atoms with Crippen LogP contribution in [0.4, 0.5) is 5.69 Å². The summed E-state index contributed by atoms with van der Waals surface area (Å²) in [7, 11) is 0. The predicted molar refractivity (Wildman–Crippen MR) is 87.4 cm³/mol. The second-order valence-corrected chi connectivity index (χ2v) is 6.66. The summed E-state index contributed by atoms with van der Waals surface area (Å²) in [6.07, 6.45) is 6.51. The zero-order chi connectivity index (χ0) is 15.6. The third-order valence-corrected chi connectivity index (χ3v) is 5.26. The minimum Gasteiger partial charge on any atom is -0.397 e. The number of nitrogens with two attached hydrogens (primary N) is 1. The van der Waals surface area contributed by atoms with Crippen LogP contribution in [0.5, 0.6) is 0 Å². The molecular weight excluding hydrogens is 262 g/mol. The van der Waals surface area contributed by atoms with Crippen LogP contribution in [0.3, 0.4) is 0 Å². The number of nitrogen functional groups attached to an aromatic ring is 1. The average molecular weight is 291 g/mol. The predicted octanol–water partition coefficient (Wildman–Crippen LogP) is 3.69. The maximum absolute atomic E-state index is 12.8. The van der Waals surface area contributed by atoms with Gasteiger partial charge in [0.1, 0.15) is 5.69 Å². The van der Waals surface area contributed by atoms with Gasteiger partial charge in [-0.05, 0) is 38.2 Å². The third kappa shape index (κ3) is 3.09. The summed E-state index contributed by atoms with van der Waals surface area (Å²) < 4.78 is 1.99. The quantitative estimate of drug-likeness (QED) is 0.919. The van der Waals surface area contributed by atoms with Gasteiger partial charge in [0.05, 0.1) is 5.69 Å². The maximum Gasteiger partial charge on any atom is 0.270 e. The number of amides is 1. The first-order chi connectivity index (χ1) is 9.92. The van der Waals surface area contributed by atoms with Crippen LogP contribution in [0, 0.1) is 5.41 Å². The summed E-state index contributed by atoms with van der Waals surface area (Å²) in [5.74, 6) is 0.126. The second kappa shape index (κ2) is 6.12. The van der Waals surface area contributed by atoms with Crippen LogP contribution >= 0.6 is 0 Å². The molecule has 0 radical (unpaired) electrons. The number of anilines is 1. The van der Waals surface area contributed by atoms with Crippen LogP contribution in [-0.2, 0) is 0 Å². The molecule has 1 aromatic heterocycles. The molecule has 0 spiro atoms. The molecule has 1 saturated heterocycles. The molecule has 0 atom stereocenters. The lowest BCUT2D eigenvalue weighted by atomic mass is 9.74. The van der Waals surface area contributed by atoms with Crippen molar-refractivity contribution in [1.82, 2.24) is 9.47 Å². The number of hydrogen-bond donors (Lipinski definition) is 1. The zero-order valence-electron chi connectivity index (χ0n) is 13.9. The van der Waals surface area contributed by atoms with E-state index in [9.17, 15) is 4.79 Å². The van der Waals surface area contributed by atoms with Crippen LogP contribution < -0.4 is 5.73 Å². The Bertz CT molecular complexity index is 490. The van der Waals surface area contributed by atoms with Crippen molar-refractivity contribution in [2.24, 2.45) is 5.41 Å². The molecule has 2 rings (SSSR count). The van der Waals surface area contributed by atoms with Crippen LogP contribution in [0.1, 0.15) is 69.9 Å². The first-order valence-electron chi connectivity index (χ1n) is 8.19. The van der Waals surface area contributed by atoms with E-state index in [4.69, 9.17) is 5.73 Å². The second-order valence-electron chi connectivity index (χ2n) is 6.66. The number of hydrogen-bond acceptors (Lipinski definition) is 2. The molecule has 0 aromatic carbocycles. The molecule has 2 heterocycles. The van der Waals surface area contributed by atoms with Gasteiger partial charge >= 0.3 is 0 Å². The average Bonchev–Trinajstić information content (AvgIpc) is 2.89. The molecular formula is C17H29N3O. The van der Waals surface area contributed by atoms with E-state index in [1.807, 2.05) is 21.7 Å². The summed E-state index contributed by atoms with van der Waals surface area (Å²) >= 11 is 0. The van der Waals surface area contributed by atoms with E-state index in [1.54, 1.807) is 0 Å². The minimum absolute atomic E-state index is 0.126. The Kier molecular flexibility index (Phi) is 4.64. The van der Waals surface area contributed by atoms with E-state index in [1.165, 1.54) is 12.8 Å². The number of rotatable bonds is 4. The highest BCUT2D eigenvalue weighted by atomic mass is 16.2. The lowest BCUT2D eigenvalue weighted by Crippen LogP contribution is -2.43. The molecule has 4 heteroatoms. The Morgan fingerprint density at radius 1 is 1.29 bits per heavy atom. The topological polar surface area (TPSA) is 51.3 Å². The normalized spacial score (nSPS) is 18.2. The number of carbonyl (C=O) groups excluding carboxylic acids is 1. The smallest absolute Gasteiger partial charge is 0.270 e. The Morgan fingerprint density at radius 2 is 1.86 bits per heavy atom. The van der Waals surface area contributed by atoms with Gasteiger partial charge in [-0.2, -0.15) is 0 Å². The first kappa shape index (κ1) is 15.9. The Balaban J connectivity index is 2.12. The molecule has 2 N–H and O–H groups in total. The van der Waals surface area contributed by atoms with Crippen LogP contribution in [-0.4, -0.2) is 28.5 Å². The van der Waals surface area contributed by atoms with Crippen molar-refractivity contribution in [1.29, 1.82) is 0 Å². The van der Waals surface area contributed by atoms with Crippen molar-refractivity contribution in [3.63, 3.8) is 0 Å². The summed E-state index contributed by atoms with van der Waals surface area (Å²) in [5.41, 5.74) is 7.71. The van der Waals surface area contributed by atoms with Crippen molar-refractivity contribution in [2.45, 2.75) is 59.4 Å². The number of aromatic nitrogens is 1. The largest absolute Gasteiger partial charge is 0.397 e. The molecule has 1 amide bonds. The lowest BCUT2D eigenvalue weighted by molar-refractivity contribution is 0.0546. The van der Waals surface area contributed by atoms with Crippen LogP contribution in [0.2, 0.25) is 0 Å². The molecule has 4 nitrogen and oxygen atoms in total. The van der Waals surface area contributed by atoms with Crippen molar-refractivity contribution in [3.8, 4) is 0 Å². The highest BCUT2D eigenvalue weighted by Crippen LogP contribution is 2.38. The van der Waals surface area contributed by atoms with Crippen LogP contribution in [0.15, 0.2) is 12.3 Å². The molecule has 21 heavy (non-hydrogen) atoms. The maximum atomic E-state index is 12.8. The van der Waals surface area contributed by atoms with E-state index in [2.05, 4.69) is 27.7 Å². The highest BCUT2D eigenvalue weighted by molar-refractivity contribution is 5.94. The van der Waals surface area contributed by atoms with E-state index >= 15 is 0 Å². The number of carbonyl (C=O) groups is 1. The molecule has 1 fully saturated rings. The highest BCUT2D eigenvalue weighted by Gasteiger charge is 2.33. The van der Waals surface area contributed by atoms with E-state index in [0.29, 0.717) is 11.1 Å². The van der Waals surface area contributed by atoms with Crippen LogP contribution in [0.25, 0.3) is 0 Å². The molecule has 118 valence electrons. The monoisotopic (exact) mass is 291 g/mol. The molecule has 1 aromatic rings. The SMILES string of the molecule is CCC1(CC)CCN(C(=O)c2cc(N)cn2C(C)C)CC1.